The van der Waals surface area contributed by atoms with E-state index in [0.717, 1.165) is 12.8 Å². The Bertz CT molecular complexity index is 351. The number of nitrogens with zero attached hydrogens (tertiary/aromatic N) is 2. The third-order valence-corrected chi connectivity index (χ3v) is 2.03. The minimum atomic E-state index is 0.121. The van der Waals surface area contributed by atoms with Crippen molar-refractivity contribution in [1.82, 2.24) is 9.97 Å². The van der Waals surface area contributed by atoms with Crippen LogP contribution in [0.3, 0.4) is 0 Å². The molecular weight excluding hydrogens is 182 g/mol. The fourth-order valence-corrected chi connectivity index (χ4v) is 1.10. The number of hydrogen-bond acceptors (Lipinski definition) is 6. The van der Waals surface area contributed by atoms with Crippen LogP contribution in [0.2, 0.25) is 0 Å². The molecule has 0 unspecified atom stereocenters. The highest BCUT2D eigenvalue weighted by Gasteiger charge is 2.22. The van der Waals surface area contributed by atoms with Gasteiger partial charge in [-0.1, -0.05) is 0 Å². The van der Waals surface area contributed by atoms with Crippen molar-refractivity contribution < 1.29 is 4.79 Å². The zero-order chi connectivity index (χ0) is 10.1. The van der Waals surface area contributed by atoms with Crippen molar-refractivity contribution in [3.63, 3.8) is 0 Å². The molecule has 0 atom stereocenters. The van der Waals surface area contributed by atoms with E-state index in [2.05, 4.69) is 15.3 Å². The molecule has 1 aliphatic carbocycles. The molecule has 74 valence electrons. The zero-order valence-corrected chi connectivity index (χ0v) is 7.53. The first-order valence-corrected chi connectivity index (χ1v) is 4.35. The van der Waals surface area contributed by atoms with Gasteiger partial charge in [-0.15, -0.1) is 0 Å². The molecule has 0 aromatic carbocycles. The number of hydrogen-bond donors (Lipinski definition) is 3. The van der Waals surface area contributed by atoms with Crippen molar-refractivity contribution in [2.75, 3.05) is 16.8 Å². The number of nitrogens with two attached hydrogens (primary N) is 2. The SMILES string of the molecule is Nc1nc(NC2CC2)nc(N)c1C=O. The molecule has 0 radical (unpaired) electrons. The Morgan fingerprint density at radius 3 is 2.29 bits per heavy atom. The third-order valence-electron chi connectivity index (χ3n) is 2.03. The van der Waals surface area contributed by atoms with Crippen LogP contribution in [0.4, 0.5) is 17.6 Å². The summed E-state index contributed by atoms with van der Waals surface area (Å²) in [5.41, 5.74) is 11.2. The second-order valence-electron chi connectivity index (χ2n) is 3.27. The van der Waals surface area contributed by atoms with Crippen LogP contribution in [0.5, 0.6) is 0 Å². The number of carbonyl (C=O) groups excluding carboxylic acids is 1. The topological polar surface area (TPSA) is 107 Å². The molecule has 0 bridgehead atoms. The normalized spacial score (nSPS) is 15.1. The summed E-state index contributed by atoms with van der Waals surface area (Å²) in [6.45, 7) is 0. The van der Waals surface area contributed by atoms with Gasteiger partial charge in [0.15, 0.2) is 6.29 Å². The maximum Gasteiger partial charge on any atom is 0.226 e. The number of aldehydes is 1. The second kappa shape index (κ2) is 3.13. The van der Waals surface area contributed by atoms with Crippen LogP contribution in [0.1, 0.15) is 23.2 Å². The van der Waals surface area contributed by atoms with Gasteiger partial charge in [0.2, 0.25) is 5.95 Å². The van der Waals surface area contributed by atoms with Crippen molar-refractivity contribution >= 4 is 23.9 Å². The largest absolute Gasteiger partial charge is 0.383 e. The fraction of sp³-hybridized carbons (Fsp3) is 0.375. The Labute approximate surface area is 80.7 Å². The Balaban J connectivity index is 2.29. The number of aromatic nitrogens is 2. The molecule has 14 heavy (non-hydrogen) atoms. The summed E-state index contributed by atoms with van der Waals surface area (Å²) in [6.07, 6.45) is 2.78. The molecule has 1 heterocycles. The lowest BCUT2D eigenvalue weighted by Gasteiger charge is -2.06. The van der Waals surface area contributed by atoms with Crippen LogP contribution in [0.15, 0.2) is 0 Å². The lowest BCUT2D eigenvalue weighted by molar-refractivity contribution is 0.112. The first-order valence-electron chi connectivity index (χ1n) is 4.35. The van der Waals surface area contributed by atoms with Crippen LogP contribution in [0, 0.1) is 0 Å². The van der Waals surface area contributed by atoms with Gasteiger partial charge in [0.25, 0.3) is 0 Å². The number of rotatable bonds is 3. The minimum absolute atomic E-state index is 0.121. The van der Waals surface area contributed by atoms with E-state index < -0.39 is 0 Å². The predicted octanol–water partition coefficient (Wildman–Crippen LogP) is 0.0278. The smallest absolute Gasteiger partial charge is 0.226 e. The van der Waals surface area contributed by atoms with Gasteiger partial charge in [0.1, 0.15) is 11.6 Å². The summed E-state index contributed by atoms with van der Waals surface area (Å²) in [5, 5.41) is 3.05. The molecule has 6 heteroatoms. The van der Waals surface area contributed by atoms with Crippen molar-refractivity contribution in [2.45, 2.75) is 18.9 Å². The van der Waals surface area contributed by atoms with Crippen molar-refractivity contribution in [2.24, 2.45) is 0 Å². The highest BCUT2D eigenvalue weighted by atomic mass is 16.1. The van der Waals surface area contributed by atoms with E-state index in [1.54, 1.807) is 0 Å². The van der Waals surface area contributed by atoms with Gasteiger partial charge in [0, 0.05) is 6.04 Å². The Hall–Kier alpha value is -1.85. The van der Waals surface area contributed by atoms with Crippen LogP contribution in [0.25, 0.3) is 0 Å². The Morgan fingerprint density at radius 1 is 1.29 bits per heavy atom. The van der Waals surface area contributed by atoms with Crippen LogP contribution < -0.4 is 16.8 Å². The number of carbonyl (C=O) groups is 1. The summed E-state index contributed by atoms with van der Waals surface area (Å²) < 4.78 is 0. The molecule has 6 nitrogen and oxygen atoms in total. The van der Waals surface area contributed by atoms with Gasteiger partial charge in [-0.25, -0.2) is 0 Å². The summed E-state index contributed by atoms with van der Waals surface area (Å²) in [7, 11) is 0. The molecule has 5 N–H and O–H groups in total. The van der Waals surface area contributed by atoms with E-state index >= 15 is 0 Å². The minimum Gasteiger partial charge on any atom is -0.383 e. The quantitative estimate of drug-likeness (QED) is 0.584. The molecule has 0 spiro atoms. The van der Waals surface area contributed by atoms with E-state index in [1.165, 1.54) is 0 Å². The average Bonchev–Trinajstić information content (AvgIpc) is 2.87. The lowest BCUT2D eigenvalue weighted by Crippen LogP contribution is -2.11. The maximum absolute atomic E-state index is 10.5. The second-order valence-corrected chi connectivity index (χ2v) is 3.27. The first-order chi connectivity index (χ1) is 6.70. The van der Waals surface area contributed by atoms with Gasteiger partial charge >= 0.3 is 0 Å². The number of nitrogens with one attached hydrogen (secondary N) is 1. The van der Waals surface area contributed by atoms with E-state index in [-0.39, 0.29) is 17.2 Å². The zero-order valence-electron chi connectivity index (χ0n) is 7.53. The van der Waals surface area contributed by atoms with E-state index in [9.17, 15) is 4.79 Å². The highest BCUT2D eigenvalue weighted by molar-refractivity contribution is 5.88. The van der Waals surface area contributed by atoms with E-state index in [0.29, 0.717) is 18.3 Å². The van der Waals surface area contributed by atoms with Crippen molar-refractivity contribution in [3.05, 3.63) is 5.56 Å². The molecule has 1 aromatic rings. The summed E-state index contributed by atoms with van der Waals surface area (Å²) >= 11 is 0. The van der Waals surface area contributed by atoms with E-state index in [4.69, 9.17) is 11.5 Å². The van der Waals surface area contributed by atoms with Crippen LogP contribution in [-0.2, 0) is 0 Å². The predicted molar refractivity (Wildman–Crippen MR) is 52.9 cm³/mol. The van der Waals surface area contributed by atoms with Crippen molar-refractivity contribution in [3.8, 4) is 0 Å². The van der Waals surface area contributed by atoms with Gasteiger partial charge in [-0.3, -0.25) is 4.79 Å². The molecular formula is C8H11N5O. The number of nitrogen functional groups attached to an aromatic ring is 2. The summed E-state index contributed by atoms with van der Waals surface area (Å²) in [5.74, 6) is 0.638. The molecule has 0 aliphatic heterocycles. The molecule has 1 aliphatic rings. The van der Waals surface area contributed by atoms with Crippen LogP contribution >= 0.6 is 0 Å². The maximum atomic E-state index is 10.5. The first kappa shape index (κ1) is 8.74. The molecule has 1 fully saturated rings. The van der Waals surface area contributed by atoms with E-state index in [1.807, 2.05) is 0 Å². The van der Waals surface area contributed by atoms with Gasteiger partial charge in [-0.2, -0.15) is 9.97 Å². The fourth-order valence-electron chi connectivity index (χ4n) is 1.10. The molecule has 2 rings (SSSR count). The summed E-state index contributed by atoms with van der Waals surface area (Å²) in [6, 6.07) is 0.427. The Morgan fingerprint density at radius 2 is 1.86 bits per heavy atom. The third kappa shape index (κ3) is 1.59. The van der Waals surface area contributed by atoms with Gasteiger partial charge < -0.3 is 16.8 Å². The molecule has 1 saturated carbocycles. The van der Waals surface area contributed by atoms with Crippen LogP contribution in [-0.4, -0.2) is 22.3 Å². The molecule has 0 saturated heterocycles. The molecule has 1 aromatic heterocycles. The average molecular weight is 193 g/mol. The molecule has 0 amide bonds. The van der Waals surface area contributed by atoms with Gasteiger partial charge in [-0.05, 0) is 12.8 Å². The monoisotopic (exact) mass is 193 g/mol. The highest BCUT2D eigenvalue weighted by Crippen LogP contribution is 2.24. The lowest BCUT2D eigenvalue weighted by atomic mass is 10.3. The van der Waals surface area contributed by atoms with Crippen molar-refractivity contribution in [1.29, 1.82) is 0 Å². The van der Waals surface area contributed by atoms with Gasteiger partial charge in [0.05, 0.1) is 5.56 Å². The standard InChI is InChI=1S/C8H11N5O/c9-6-5(3-14)7(10)13-8(12-6)11-4-1-2-4/h3-4H,1-2H2,(H5,9,10,11,12,13). The summed E-state index contributed by atoms with van der Waals surface area (Å²) in [4.78, 5) is 18.4. The Kier molecular flexibility index (Phi) is 1.95. The number of anilines is 3.